The van der Waals surface area contributed by atoms with E-state index in [9.17, 15) is 5.11 Å². The van der Waals surface area contributed by atoms with E-state index in [-0.39, 0.29) is 18.8 Å². The molecule has 2 N–H and O–H groups in total. The van der Waals surface area contributed by atoms with E-state index >= 15 is 0 Å². The molecule has 2 fully saturated rings. The summed E-state index contributed by atoms with van der Waals surface area (Å²) in [6, 6.07) is 12.9. The van der Waals surface area contributed by atoms with Crippen LogP contribution in [0.2, 0.25) is 5.02 Å². The molecule has 2 aliphatic rings. The average Bonchev–Trinajstić information content (AvgIpc) is 3.42. The Kier molecular flexibility index (Phi) is 6.69. The number of rotatable bonds is 7. The van der Waals surface area contributed by atoms with E-state index in [0.717, 1.165) is 31.7 Å². The van der Waals surface area contributed by atoms with Crippen LogP contribution >= 0.6 is 11.6 Å². The first kappa shape index (κ1) is 22.4. The highest BCUT2D eigenvalue weighted by Gasteiger charge is 2.40. The number of aromatic amines is 1. The monoisotopic (exact) mass is 472 g/mol. The van der Waals surface area contributed by atoms with Gasteiger partial charge in [0.15, 0.2) is 11.8 Å². The van der Waals surface area contributed by atoms with Crippen LogP contribution in [0.4, 0.5) is 5.82 Å². The van der Waals surface area contributed by atoms with Gasteiger partial charge in [0.05, 0.1) is 23.8 Å². The molecule has 2 aromatic heterocycles. The summed E-state index contributed by atoms with van der Waals surface area (Å²) in [6.07, 6.45) is 0.987. The first-order valence-corrected chi connectivity index (χ1v) is 11.9. The second-order valence-electron chi connectivity index (χ2n) is 8.51. The van der Waals surface area contributed by atoms with Crippen LogP contribution in [0.1, 0.15) is 31.2 Å². The molecule has 4 heterocycles. The van der Waals surface area contributed by atoms with E-state index in [0.29, 0.717) is 41.3 Å². The second kappa shape index (κ2) is 9.85. The van der Waals surface area contributed by atoms with E-state index in [1.165, 1.54) is 5.56 Å². The van der Waals surface area contributed by atoms with Gasteiger partial charge in [-0.3, -0.25) is 0 Å². The summed E-state index contributed by atoms with van der Waals surface area (Å²) in [6.45, 7) is 4.40. The van der Waals surface area contributed by atoms with Crippen LogP contribution in [-0.2, 0) is 9.47 Å². The third-order valence-electron chi connectivity index (χ3n) is 6.46. The lowest BCUT2D eigenvalue weighted by Gasteiger charge is -2.33. The van der Waals surface area contributed by atoms with Gasteiger partial charge >= 0.3 is 0 Å². The van der Waals surface area contributed by atoms with Gasteiger partial charge in [-0.1, -0.05) is 41.9 Å². The molecule has 0 radical (unpaired) electrons. The maximum Gasteiger partial charge on any atom is 0.296 e. The zero-order chi connectivity index (χ0) is 22.8. The molecule has 9 heteroatoms. The van der Waals surface area contributed by atoms with Crippen molar-refractivity contribution < 1.29 is 19.3 Å². The number of aliphatic hydroxyl groups is 1. The third-order valence-corrected chi connectivity index (χ3v) is 6.74. The number of piperidine rings is 1. The number of H-pyrrole nitrogens is 1. The van der Waals surface area contributed by atoms with Crippen molar-refractivity contribution in [1.82, 2.24) is 15.0 Å². The number of pyridine rings is 1. The third kappa shape index (κ3) is 4.66. The van der Waals surface area contributed by atoms with Crippen LogP contribution in [-0.4, -0.2) is 71.3 Å². The van der Waals surface area contributed by atoms with Crippen molar-refractivity contribution in [3.05, 3.63) is 47.0 Å². The minimum absolute atomic E-state index is 0.119. The number of benzene rings is 1. The lowest BCUT2D eigenvalue weighted by atomic mass is 9.89. The standard InChI is InChI=1S/C24H29ClN4O4/c1-2-31-21-19(13-30)32-14-20(21)33-24-26-18-12-17(25)23(27-22(18)28-24)29-10-8-16(9-11-29)15-6-4-3-5-7-15/h3-7,12,16,19-21,30H,2,8-11,13-14H2,1H3,(H,26,27,28)/t19-,20?,21+/m1/s1. The van der Waals surface area contributed by atoms with Gasteiger partial charge in [0.25, 0.3) is 6.01 Å². The molecule has 1 aromatic carbocycles. The van der Waals surface area contributed by atoms with Gasteiger partial charge in [-0.2, -0.15) is 4.98 Å². The zero-order valence-corrected chi connectivity index (χ0v) is 19.4. The molecule has 5 rings (SSSR count). The van der Waals surface area contributed by atoms with Crippen molar-refractivity contribution in [2.75, 3.05) is 37.8 Å². The second-order valence-corrected chi connectivity index (χ2v) is 8.92. The topological polar surface area (TPSA) is 92.7 Å². The first-order chi connectivity index (χ1) is 16.2. The number of fused-ring (bicyclic) bond motifs is 1. The van der Waals surface area contributed by atoms with Gasteiger partial charge in [0, 0.05) is 19.7 Å². The summed E-state index contributed by atoms with van der Waals surface area (Å²) in [5.41, 5.74) is 2.66. The molecule has 176 valence electrons. The number of ether oxygens (including phenoxy) is 3. The summed E-state index contributed by atoms with van der Waals surface area (Å²) >= 11 is 6.61. The largest absolute Gasteiger partial charge is 0.456 e. The van der Waals surface area contributed by atoms with Crippen LogP contribution in [0.25, 0.3) is 11.2 Å². The maximum atomic E-state index is 9.51. The van der Waals surface area contributed by atoms with Crippen molar-refractivity contribution in [1.29, 1.82) is 0 Å². The van der Waals surface area contributed by atoms with Gasteiger partial charge in [-0.05, 0) is 37.3 Å². The Balaban J connectivity index is 1.30. The fourth-order valence-electron chi connectivity index (χ4n) is 4.77. The Bertz CT molecular complexity index is 1070. The first-order valence-electron chi connectivity index (χ1n) is 11.5. The molecule has 2 saturated heterocycles. The molecule has 8 nitrogen and oxygen atoms in total. The normalized spacial score (nSPS) is 24.0. The summed E-state index contributed by atoms with van der Waals surface area (Å²) in [5.74, 6) is 1.32. The lowest BCUT2D eigenvalue weighted by molar-refractivity contribution is -0.0454. The number of hydrogen-bond donors (Lipinski definition) is 2. The van der Waals surface area contributed by atoms with Crippen LogP contribution in [0.15, 0.2) is 36.4 Å². The van der Waals surface area contributed by atoms with E-state index < -0.39 is 6.10 Å². The number of aliphatic hydroxyl groups excluding tert-OH is 1. The Labute approximate surface area is 197 Å². The highest BCUT2D eigenvalue weighted by molar-refractivity contribution is 6.33. The minimum atomic E-state index is -0.405. The maximum absolute atomic E-state index is 9.51. The molecule has 2 aliphatic heterocycles. The Morgan fingerprint density at radius 2 is 2.00 bits per heavy atom. The molecule has 0 spiro atoms. The summed E-state index contributed by atoms with van der Waals surface area (Å²) in [4.78, 5) is 14.7. The molecular weight excluding hydrogens is 444 g/mol. The van der Waals surface area contributed by atoms with Crippen molar-refractivity contribution in [2.45, 2.75) is 44.0 Å². The average molecular weight is 473 g/mol. The van der Waals surface area contributed by atoms with Gasteiger partial charge in [0.1, 0.15) is 18.0 Å². The van der Waals surface area contributed by atoms with E-state index in [2.05, 4.69) is 45.2 Å². The summed E-state index contributed by atoms with van der Waals surface area (Å²) in [7, 11) is 0. The Hall–Kier alpha value is -2.39. The number of nitrogens with one attached hydrogen (secondary N) is 1. The van der Waals surface area contributed by atoms with Crippen molar-refractivity contribution in [2.24, 2.45) is 0 Å². The molecule has 0 saturated carbocycles. The van der Waals surface area contributed by atoms with Gasteiger partial charge < -0.3 is 29.2 Å². The molecule has 33 heavy (non-hydrogen) atoms. The number of imidazole rings is 1. The Morgan fingerprint density at radius 3 is 2.73 bits per heavy atom. The van der Waals surface area contributed by atoms with Crippen molar-refractivity contribution in [3.63, 3.8) is 0 Å². The minimum Gasteiger partial charge on any atom is -0.456 e. The highest BCUT2D eigenvalue weighted by Crippen LogP contribution is 2.34. The highest BCUT2D eigenvalue weighted by atomic mass is 35.5. The van der Waals surface area contributed by atoms with E-state index in [1.54, 1.807) is 0 Å². The number of anilines is 1. The fourth-order valence-corrected chi connectivity index (χ4v) is 5.04. The van der Waals surface area contributed by atoms with Gasteiger partial charge in [-0.25, -0.2) is 4.98 Å². The van der Waals surface area contributed by atoms with Crippen LogP contribution in [0.5, 0.6) is 6.01 Å². The van der Waals surface area contributed by atoms with E-state index in [4.69, 9.17) is 30.8 Å². The molecular formula is C24H29ClN4O4. The number of nitrogens with zero attached hydrogens (tertiary/aromatic N) is 3. The molecule has 3 atom stereocenters. The summed E-state index contributed by atoms with van der Waals surface area (Å²) in [5, 5.41) is 10.1. The fraction of sp³-hybridized carbons (Fsp3) is 0.500. The predicted molar refractivity (Wildman–Crippen MR) is 126 cm³/mol. The van der Waals surface area contributed by atoms with Crippen LogP contribution < -0.4 is 9.64 Å². The lowest BCUT2D eigenvalue weighted by Crippen LogP contribution is -2.38. The van der Waals surface area contributed by atoms with Crippen LogP contribution in [0.3, 0.4) is 0 Å². The number of hydrogen-bond acceptors (Lipinski definition) is 7. The quantitative estimate of drug-likeness (QED) is 0.543. The SMILES string of the molecule is CCO[C@@H]1C(Oc2nc3nc(N4CCC(c5ccccc5)CC4)c(Cl)cc3[nH]2)CO[C@@H]1CO. The van der Waals surface area contributed by atoms with Crippen LogP contribution in [0, 0.1) is 0 Å². The van der Waals surface area contributed by atoms with Gasteiger partial charge in [-0.15, -0.1) is 0 Å². The van der Waals surface area contributed by atoms with E-state index in [1.807, 2.05) is 13.0 Å². The molecule has 3 aromatic rings. The molecule has 0 aliphatic carbocycles. The summed E-state index contributed by atoms with van der Waals surface area (Å²) < 4.78 is 17.3. The van der Waals surface area contributed by atoms with Crippen molar-refractivity contribution in [3.8, 4) is 6.01 Å². The van der Waals surface area contributed by atoms with Crippen molar-refractivity contribution >= 4 is 28.6 Å². The zero-order valence-electron chi connectivity index (χ0n) is 18.6. The molecule has 1 unspecified atom stereocenters. The molecule has 0 bridgehead atoms. The predicted octanol–water partition coefficient (Wildman–Crippen LogP) is 3.54. The van der Waals surface area contributed by atoms with Gasteiger partial charge in [0.2, 0.25) is 0 Å². The Morgan fingerprint density at radius 1 is 1.21 bits per heavy atom. The number of aromatic nitrogens is 3. The smallest absolute Gasteiger partial charge is 0.296 e. The molecule has 0 amide bonds. The number of halogens is 1.